The average Bonchev–Trinajstić information content (AvgIpc) is 2.67. The van der Waals surface area contributed by atoms with E-state index in [2.05, 4.69) is 4.98 Å². The molecule has 1 N–H and O–H groups in total. The van der Waals surface area contributed by atoms with Crippen LogP contribution in [0.15, 0.2) is 6.20 Å². The van der Waals surface area contributed by atoms with Crippen LogP contribution in [-0.2, 0) is 21.6 Å². The van der Waals surface area contributed by atoms with Crippen LogP contribution in [0.25, 0.3) is 0 Å². The fourth-order valence-electron chi connectivity index (χ4n) is 1.89. The molecule has 1 aromatic rings. The second-order valence-electron chi connectivity index (χ2n) is 4.24. The Morgan fingerprint density at radius 2 is 2.50 bits per heavy atom. The quantitative estimate of drug-likeness (QED) is 0.881. The third-order valence-electron chi connectivity index (χ3n) is 2.80. The summed E-state index contributed by atoms with van der Waals surface area (Å²) >= 11 is 1.45. The molecule has 1 aromatic heterocycles. The zero-order valence-corrected chi connectivity index (χ0v) is 10.0. The van der Waals surface area contributed by atoms with Gasteiger partial charge in [-0.2, -0.15) is 0 Å². The fourth-order valence-corrected chi connectivity index (χ4v) is 2.92. The highest BCUT2D eigenvalue weighted by Gasteiger charge is 2.32. The first-order valence-electron chi connectivity index (χ1n) is 5.41. The van der Waals surface area contributed by atoms with Gasteiger partial charge in [0.05, 0.1) is 6.42 Å². The number of nitrogens with zero attached hydrogens (tertiary/aromatic N) is 1. The van der Waals surface area contributed by atoms with Crippen LogP contribution in [0.5, 0.6) is 0 Å². The van der Waals surface area contributed by atoms with E-state index in [0.29, 0.717) is 0 Å². The summed E-state index contributed by atoms with van der Waals surface area (Å²) in [5, 5.41) is 9.60. The van der Waals surface area contributed by atoms with E-state index in [0.717, 1.165) is 35.8 Å². The van der Waals surface area contributed by atoms with Gasteiger partial charge in [0.1, 0.15) is 10.6 Å². The molecule has 0 aromatic carbocycles. The van der Waals surface area contributed by atoms with Crippen molar-refractivity contribution >= 4 is 17.3 Å². The monoisotopic (exact) mass is 241 g/mol. The summed E-state index contributed by atoms with van der Waals surface area (Å²) < 4.78 is 5.77. The summed E-state index contributed by atoms with van der Waals surface area (Å²) in [6.07, 6.45) is 4.91. The molecule has 0 spiro atoms. The van der Waals surface area contributed by atoms with Crippen molar-refractivity contribution in [2.45, 2.75) is 38.2 Å². The molecule has 0 radical (unpaired) electrons. The molecular formula is C11H15NO3S. The fraction of sp³-hybridized carbons (Fsp3) is 0.636. The molecule has 0 bridgehead atoms. The van der Waals surface area contributed by atoms with Gasteiger partial charge in [0.15, 0.2) is 0 Å². The van der Waals surface area contributed by atoms with Gasteiger partial charge >= 0.3 is 5.97 Å². The predicted molar refractivity (Wildman–Crippen MR) is 60.6 cm³/mol. The molecule has 5 heteroatoms. The van der Waals surface area contributed by atoms with Gasteiger partial charge in [0.2, 0.25) is 0 Å². The van der Waals surface area contributed by atoms with Gasteiger partial charge in [0.25, 0.3) is 0 Å². The van der Waals surface area contributed by atoms with Crippen molar-refractivity contribution in [1.82, 2.24) is 4.98 Å². The molecule has 16 heavy (non-hydrogen) atoms. The van der Waals surface area contributed by atoms with Crippen LogP contribution in [0.4, 0.5) is 0 Å². The lowest BCUT2D eigenvalue weighted by Crippen LogP contribution is -2.29. The minimum Gasteiger partial charge on any atom is -0.481 e. The molecule has 1 saturated heterocycles. The summed E-state index contributed by atoms with van der Waals surface area (Å²) in [7, 11) is 0. The first-order valence-corrected chi connectivity index (χ1v) is 6.23. The lowest BCUT2D eigenvalue weighted by molar-refractivity contribution is -0.136. The molecule has 1 fully saturated rings. The molecule has 1 aliphatic rings. The first kappa shape index (κ1) is 11.5. The van der Waals surface area contributed by atoms with Crippen molar-refractivity contribution < 1.29 is 14.6 Å². The van der Waals surface area contributed by atoms with E-state index in [-0.39, 0.29) is 12.0 Å². The Bertz CT molecular complexity index is 382. The second kappa shape index (κ2) is 4.51. The van der Waals surface area contributed by atoms with Crippen molar-refractivity contribution in [3.8, 4) is 0 Å². The number of carbonyl (C=O) groups is 1. The second-order valence-corrected chi connectivity index (χ2v) is 5.35. The molecule has 88 valence electrons. The van der Waals surface area contributed by atoms with Crippen molar-refractivity contribution in [2.24, 2.45) is 0 Å². The standard InChI is InChI=1S/C11H15NO3S/c1-11(4-2-3-5-15-11)10-12-7-8(16-10)6-9(13)14/h7H,2-6H2,1H3,(H,13,14). The third-order valence-corrected chi connectivity index (χ3v) is 4.04. The molecule has 0 amide bonds. The van der Waals surface area contributed by atoms with Gasteiger partial charge in [0, 0.05) is 17.7 Å². The normalized spacial score (nSPS) is 25.6. The molecule has 0 saturated carbocycles. The van der Waals surface area contributed by atoms with Crippen LogP contribution in [0.2, 0.25) is 0 Å². The molecule has 1 aliphatic heterocycles. The third kappa shape index (κ3) is 2.41. The minimum atomic E-state index is -0.815. The van der Waals surface area contributed by atoms with Crippen LogP contribution in [-0.4, -0.2) is 22.7 Å². The van der Waals surface area contributed by atoms with Gasteiger partial charge in [-0.15, -0.1) is 11.3 Å². The molecule has 4 nitrogen and oxygen atoms in total. The van der Waals surface area contributed by atoms with Crippen LogP contribution in [0, 0.1) is 0 Å². The Labute approximate surface area is 98.3 Å². The van der Waals surface area contributed by atoms with Gasteiger partial charge < -0.3 is 9.84 Å². The van der Waals surface area contributed by atoms with E-state index >= 15 is 0 Å². The summed E-state index contributed by atoms with van der Waals surface area (Å²) in [4.78, 5) is 15.7. The Morgan fingerprint density at radius 3 is 3.12 bits per heavy atom. The number of ether oxygens (including phenoxy) is 1. The van der Waals surface area contributed by atoms with Crippen molar-refractivity contribution in [3.05, 3.63) is 16.1 Å². The van der Waals surface area contributed by atoms with Gasteiger partial charge in [-0.1, -0.05) is 0 Å². The number of carboxylic acid groups (broad SMARTS) is 1. The highest BCUT2D eigenvalue weighted by atomic mass is 32.1. The maximum Gasteiger partial charge on any atom is 0.308 e. The molecule has 1 unspecified atom stereocenters. The molecule has 0 aliphatic carbocycles. The van der Waals surface area contributed by atoms with Crippen LogP contribution in [0.3, 0.4) is 0 Å². The Hall–Kier alpha value is -0.940. The van der Waals surface area contributed by atoms with Crippen molar-refractivity contribution in [3.63, 3.8) is 0 Å². The lowest BCUT2D eigenvalue weighted by Gasteiger charge is -2.31. The summed E-state index contributed by atoms with van der Waals surface area (Å²) in [6.45, 7) is 2.81. The maximum atomic E-state index is 10.6. The lowest BCUT2D eigenvalue weighted by atomic mass is 9.97. The zero-order valence-electron chi connectivity index (χ0n) is 9.23. The average molecular weight is 241 g/mol. The number of carboxylic acids is 1. The molecule has 2 rings (SSSR count). The number of rotatable bonds is 3. The Balaban J connectivity index is 2.13. The van der Waals surface area contributed by atoms with Crippen molar-refractivity contribution in [2.75, 3.05) is 6.61 Å². The van der Waals surface area contributed by atoms with Gasteiger partial charge in [-0.3, -0.25) is 4.79 Å². The predicted octanol–water partition coefficient (Wildman–Crippen LogP) is 2.19. The number of hydrogen-bond acceptors (Lipinski definition) is 4. The van der Waals surface area contributed by atoms with Gasteiger partial charge in [-0.25, -0.2) is 4.98 Å². The van der Waals surface area contributed by atoms with E-state index in [1.807, 2.05) is 6.92 Å². The van der Waals surface area contributed by atoms with E-state index in [1.54, 1.807) is 6.20 Å². The van der Waals surface area contributed by atoms with E-state index in [1.165, 1.54) is 11.3 Å². The SMILES string of the molecule is CC1(c2ncc(CC(=O)O)s2)CCCCO1. The van der Waals surface area contributed by atoms with Crippen LogP contribution >= 0.6 is 11.3 Å². The van der Waals surface area contributed by atoms with E-state index < -0.39 is 5.97 Å². The van der Waals surface area contributed by atoms with E-state index in [9.17, 15) is 4.79 Å². The number of aromatic nitrogens is 1. The number of hydrogen-bond donors (Lipinski definition) is 1. The highest BCUT2D eigenvalue weighted by molar-refractivity contribution is 7.11. The molecule has 1 atom stereocenters. The number of aliphatic carboxylic acids is 1. The molecule has 2 heterocycles. The minimum absolute atomic E-state index is 0.0494. The zero-order chi connectivity index (χ0) is 11.6. The maximum absolute atomic E-state index is 10.6. The summed E-state index contributed by atoms with van der Waals surface area (Å²) in [5.41, 5.74) is -0.306. The van der Waals surface area contributed by atoms with Crippen molar-refractivity contribution in [1.29, 1.82) is 0 Å². The smallest absolute Gasteiger partial charge is 0.308 e. The molecular weight excluding hydrogens is 226 g/mol. The van der Waals surface area contributed by atoms with Crippen LogP contribution in [0.1, 0.15) is 36.1 Å². The number of thiazole rings is 1. The first-order chi connectivity index (χ1) is 7.60. The highest BCUT2D eigenvalue weighted by Crippen LogP contribution is 2.36. The Kier molecular flexibility index (Phi) is 3.25. The van der Waals surface area contributed by atoms with Crippen LogP contribution < -0.4 is 0 Å². The largest absolute Gasteiger partial charge is 0.481 e. The summed E-state index contributed by atoms with van der Waals surface area (Å²) in [5.74, 6) is -0.815. The van der Waals surface area contributed by atoms with E-state index in [4.69, 9.17) is 9.84 Å². The summed E-state index contributed by atoms with van der Waals surface area (Å²) in [6, 6.07) is 0. The van der Waals surface area contributed by atoms with Gasteiger partial charge in [-0.05, 0) is 26.2 Å². The Morgan fingerprint density at radius 1 is 1.69 bits per heavy atom. The topological polar surface area (TPSA) is 59.4 Å².